The van der Waals surface area contributed by atoms with Gasteiger partial charge in [0.25, 0.3) is 5.91 Å². The molecule has 4 nitrogen and oxygen atoms in total. The largest absolute Gasteiger partial charge is 0.383 e. The number of carbonyl (C=O) groups is 1. The van der Waals surface area contributed by atoms with Crippen LogP contribution in [0.5, 0.6) is 0 Å². The number of carbonyl (C=O) groups excluding carboxylic acids is 1. The predicted octanol–water partition coefficient (Wildman–Crippen LogP) is 4.53. The van der Waals surface area contributed by atoms with Crippen LogP contribution in [0.15, 0.2) is 47.5 Å². The molecular formula is C21H23FN2O2S. The maximum atomic E-state index is 13.6. The van der Waals surface area contributed by atoms with Gasteiger partial charge in [-0.2, -0.15) is 4.99 Å². The zero-order valence-corrected chi connectivity index (χ0v) is 16.8. The number of thiazole rings is 1. The van der Waals surface area contributed by atoms with Gasteiger partial charge in [0.1, 0.15) is 5.82 Å². The highest BCUT2D eigenvalue weighted by Gasteiger charge is 2.15. The second-order valence-corrected chi connectivity index (χ2v) is 8.39. The quantitative estimate of drug-likeness (QED) is 0.661. The summed E-state index contributed by atoms with van der Waals surface area (Å²) in [5.74, 6) is -0.619. The fourth-order valence-corrected chi connectivity index (χ4v) is 3.87. The van der Waals surface area contributed by atoms with Crippen molar-refractivity contribution in [2.45, 2.75) is 32.7 Å². The molecule has 0 aliphatic rings. The average molecular weight is 386 g/mol. The molecule has 6 heteroatoms. The Hall–Kier alpha value is -2.31. The van der Waals surface area contributed by atoms with Gasteiger partial charge in [-0.25, -0.2) is 4.39 Å². The molecule has 142 valence electrons. The molecule has 0 radical (unpaired) electrons. The highest BCUT2D eigenvalue weighted by molar-refractivity contribution is 7.16. The van der Waals surface area contributed by atoms with Crippen molar-refractivity contribution in [1.29, 1.82) is 0 Å². The first-order chi connectivity index (χ1) is 12.8. The topological polar surface area (TPSA) is 43.6 Å². The van der Waals surface area contributed by atoms with E-state index in [2.05, 4.69) is 25.8 Å². The maximum absolute atomic E-state index is 13.6. The van der Waals surface area contributed by atoms with Crippen molar-refractivity contribution < 1.29 is 13.9 Å². The van der Waals surface area contributed by atoms with Gasteiger partial charge in [0.15, 0.2) is 4.80 Å². The lowest BCUT2D eigenvalue weighted by Crippen LogP contribution is -2.19. The van der Waals surface area contributed by atoms with Crippen LogP contribution in [0.1, 0.15) is 36.7 Å². The fourth-order valence-electron chi connectivity index (χ4n) is 2.80. The molecule has 0 saturated heterocycles. The lowest BCUT2D eigenvalue weighted by Gasteiger charge is -2.18. The van der Waals surface area contributed by atoms with E-state index in [0.29, 0.717) is 23.5 Å². The summed E-state index contributed by atoms with van der Waals surface area (Å²) in [4.78, 5) is 17.5. The fraction of sp³-hybridized carbons (Fsp3) is 0.333. The van der Waals surface area contributed by atoms with E-state index in [1.54, 1.807) is 25.3 Å². The van der Waals surface area contributed by atoms with E-state index in [1.807, 2.05) is 16.7 Å². The van der Waals surface area contributed by atoms with E-state index in [9.17, 15) is 9.18 Å². The molecule has 0 atom stereocenters. The Morgan fingerprint density at radius 3 is 2.52 bits per heavy atom. The van der Waals surface area contributed by atoms with Crippen LogP contribution < -0.4 is 4.80 Å². The monoisotopic (exact) mass is 386 g/mol. The molecule has 2 aromatic carbocycles. The number of rotatable bonds is 4. The van der Waals surface area contributed by atoms with Crippen LogP contribution in [-0.2, 0) is 16.7 Å². The molecule has 0 N–H and O–H groups in total. The number of halogens is 1. The Labute approximate surface area is 161 Å². The van der Waals surface area contributed by atoms with Crippen LogP contribution >= 0.6 is 11.3 Å². The SMILES string of the molecule is COCCn1c(=NC(=O)c2ccc(C(C)(C)C)cc2)sc2cc(F)ccc21. The van der Waals surface area contributed by atoms with Crippen LogP contribution in [0.25, 0.3) is 10.2 Å². The Bertz CT molecular complexity index is 1030. The van der Waals surface area contributed by atoms with Crippen LogP contribution in [-0.4, -0.2) is 24.2 Å². The van der Waals surface area contributed by atoms with Crippen molar-refractivity contribution in [1.82, 2.24) is 4.57 Å². The second-order valence-electron chi connectivity index (χ2n) is 7.39. The lowest BCUT2D eigenvalue weighted by molar-refractivity contribution is 0.0997. The van der Waals surface area contributed by atoms with E-state index in [1.165, 1.54) is 23.5 Å². The minimum absolute atomic E-state index is 0.0252. The van der Waals surface area contributed by atoms with Crippen molar-refractivity contribution >= 4 is 27.5 Å². The molecule has 0 bridgehead atoms. The van der Waals surface area contributed by atoms with Crippen LogP contribution in [0, 0.1) is 5.82 Å². The number of fused-ring (bicyclic) bond motifs is 1. The molecule has 0 saturated carbocycles. The summed E-state index contributed by atoms with van der Waals surface area (Å²) < 4.78 is 21.4. The van der Waals surface area contributed by atoms with Gasteiger partial charge in [0.05, 0.1) is 16.8 Å². The van der Waals surface area contributed by atoms with Crippen LogP contribution in [0.4, 0.5) is 4.39 Å². The summed E-state index contributed by atoms with van der Waals surface area (Å²) >= 11 is 1.30. The van der Waals surface area contributed by atoms with Crippen molar-refractivity contribution in [3.8, 4) is 0 Å². The molecule has 1 amide bonds. The minimum atomic E-state index is -0.311. The standard InChI is InChI=1S/C21H23FN2O2S/c1-21(2,3)15-7-5-14(6-8-15)19(25)23-20-24(11-12-26-4)17-10-9-16(22)13-18(17)27-20/h5-10,13H,11-12H2,1-4H3. The summed E-state index contributed by atoms with van der Waals surface area (Å²) in [5.41, 5.74) is 2.56. The van der Waals surface area contributed by atoms with Gasteiger partial charge >= 0.3 is 0 Å². The Morgan fingerprint density at radius 2 is 1.89 bits per heavy atom. The van der Waals surface area contributed by atoms with E-state index in [-0.39, 0.29) is 17.1 Å². The van der Waals surface area contributed by atoms with Crippen molar-refractivity contribution in [3.63, 3.8) is 0 Å². The average Bonchev–Trinajstić information content (AvgIpc) is 2.95. The molecule has 0 unspecified atom stereocenters. The zero-order chi connectivity index (χ0) is 19.6. The lowest BCUT2D eigenvalue weighted by atomic mass is 9.87. The summed E-state index contributed by atoms with van der Waals surface area (Å²) in [5, 5.41) is 0. The van der Waals surface area contributed by atoms with E-state index >= 15 is 0 Å². The summed E-state index contributed by atoms with van der Waals surface area (Å²) in [6.07, 6.45) is 0. The van der Waals surface area contributed by atoms with Crippen LogP contribution in [0.3, 0.4) is 0 Å². The molecule has 0 spiro atoms. The molecule has 1 heterocycles. The number of methoxy groups -OCH3 is 1. The number of ether oxygens (including phenoxy) is 1. The zero-order valence-electron chi connectivity index (χ0n) is 16.0. The Kier molecular flexibility index (Phi) is 5.58. The number of benzene rings is 2. The second kappa shape index (κ2) is 7.74. The van der Waals surface area contributed by atoms with Crippen molar-refractivity contribution in [3.05, 3.63) is 64.2 Å². The molecule has 0 fully saturated rings. The van der Waals surface area contributed by atoms with Gasteiger partial charge in [-0.05, 0) is 41.3 Å². The molecule has 0 aliphatic heterocycles. The predicted molar refractivity (Wildman–Crippen MR) is 107 cm³/mol. The normalized spacial score (nSPS) is 12.7. The third kappa shape index (κ3) is 4.34. The van der Waals surface area contributed by atoms with Gasteiger partial charge in [-0.3, -0.25) is 4.79 Å². The molecule has 0 aliphatic carbocycles. The molecule has 1 aromatic heterocycles. The molecule has 3 rings (SSSR count). The number of amides is 1. The Balaban J connectivity index is 2.02. The van der Waals surface area contributed by atoms with Crippen molar-refractivity contribution in [2.24, 2.45) is 4.99 Å². The van der Waals surface area contributed by atoms with Gasteiger partial charge in [0, 0.05) is 19.2 Å². The Morgan fingerprint density at radius 1 is 1.19 bits per heavy atom. The van der Waals surface area contributed by atoms with Gasteiger partial charge < -0.3 is 9.30 Å². The minimum Gasteiger partial charge on any atom is -0.383 e. The smallest absolute Gasteiger partial charge is 0.279 e. The van der Waals surface area contributed by atoms with E-state index in [0.717, 1.165) is 15.8 Å². The van der Waals surface area contributed by atoms with Gasteiger partial charge in [-0.1, -0.05) is 44.2 Å². The number of hydrogen-bond acceptors (Lipinski definition) is 3. The van der Waals surface area contributed by atoms with E-state index in [4.69, 9.17) is 4.74 Å². The maximum Gasteiger partial charge on any atom is 0.279 e. The molecular weight excluding hydrogens is 363 g/mol. The third-order valence-electron chi connectivity index (χ3n) is 4.36. The number of aromatic nitrogens is 1. The first-order valence-corrected chi connectivity index (χ1v) is 9.58. The highest BCUT2D eigenvalue weighted by atomic mass is 32.1. The molecule has 3 aromatic rings. The number of nitrogens with zero attached hydrogens (tertiary/aromatic N) is 2. The summed E-state index contributed by atoms with van der Waals surface area (Å²) in [7, 11) is 1.62. The summed E-state index contributed by atoms with van der Waals surface area (Å²) in [6.45, 7) is 7.40. The first kappa shape index (κ1) is 19.5. The van der Waals surface area contributed by atoms with Gasteiger partial charge in [0.2, 0.25) is 0 Å². The highest BCUT2D eigenvalue weighted by Crippen LogP contribution is 2.22. The summed E-state index contributed by atoms with van der Waals surface area (Å²) in [6, 6.07) is 12.1. The van der Waals surface area contributed by atoms with Crippen LogP contribution in [0.2, 0.25) is 0 Å². The van der Waals surface area contributed by atoms with Gasteiger partial charge in [-0.15, -0.1) is 0 Å². The molecule has 27 heavy (non-hydrogen) atoms. The number of hydrogen-bond donors (Lipinski definition) is 0. The third-order valence-corrected chi connectivity index (χ3v) is 5.40. The van der Waals surface area contributed by atoms with Crippen molar-refractivity contribution in [2.75, 3.05) is 13.7 Å². The first-order valence-electron chi connectivity index (χ1n) is 8.77. The van der Waals surface area contributed by atoms with E-state index < -0.39 is 0 Å².